The van der Waals surface area contributed by atoms with Gasteiger partial charge in [-0.05, 0) is 24.1 Å². The maximum absolute atomic E-state index is 12.0. The van der Waals surface area contributed by atoms with Crippen LogP contribution < -0.4 is 10.1 Å². The van der Waals surface area contributed by atoms with Crippen LogP contribution in [0.5, 0.6) is 5.75 Å². The lowest BCUT2D eigenvalue weighted by Gasteiger charge is -2.11. The third kappa shape index (κ3) is 2.89. The Morgan fingerprint density at radius 2 is 2.25 bits per heavy atom. The molecule has 1 heterocycles. The van der Waals surface area contributed by atoms with Crippen molar-refractivity contribution in [2.24, 2.45) is 11.8 Å². The van der Waals surface area contributed by atoms with E-state index in [9.17, 15) is 4.79 Å². The molecule has 1 aromatic carbocycles. The first-order valence-electron chi connectivity index (χ1n) is 6.20. The zero-order valence-corrected chi connectivity index (χ0v) is 12.3. The van der Waals surface area contributed by atoms with Crippen LogP contribution in [0.2, 0.25) is 0 Å². The average Bonchev–Trinajstić information content (AvgIpc) is 2.79. The normalized spacial score (nSPS) is 12.2. The maximum atomic E-state index is 12.0. The molecule has 1 unspecified atom stereocenters. The van der Waals surface area contributed by atoms with Gasteiger partial charge in [0.05, 0.1) is 23.4 Å². The highest BCUT2D eigenvalue weighted by Gasteiger charge is 2.22. The molecule has 0 saturated carbocycles. The van der Waals surface area contributed by atoms with E-state index in [4.69, 9.17) is 10.00 Å². The number of carbonyl (C=O) groups excluding carboxylic acids is 1. The zero-order chi connectivity index (χ0) is 14.7. The Hall–Kier alpha value is -2.13. The molecule has 5 nitrogen and oxygen atoms in total. The molecule has 0 aliphatic rings. The van der Waals surface area contributed by atoms with Crippen LogP contribution in [0.15, 0.2) is 18.2 Å². The molecule has 1 aromatic heterocycles. The smallest absolute Gasteiger partial charge is 0.243 e. The maximum Gasteiger partial charge on any atom is 0.243 e. The topological polar surface area (TPSA) is 75.0 Å². The number of hydrogen-bond acceptors (Lipinski definition) is 5. The van der Waals surface area contributed by atoms with Gasteiger partial charge >= 0.3 is 0 Å². The number of carbonyl (C=O) groups is 1. The summed E-state index contributed by atoms with van der Waals surface area (Å²) in [4.78, 5) is 16.3. The molecule has 0 aliphatic carbocycles. The third-order valence-electron chi connectivity index (χ3n) is 2.91. The summed E-state index contributed by atoms with van der Waals surface area (Å²) in [7, 11) is 1.60. The molecular weight excluding hydrogens is 274 g/mol. The summed E-state index contributed by atoms with van der Waals surface area (Å²) in [5.41, 5.74) is 0.796. The highest BCUT2D eigenvalue weighted by atomic mass is 32.1. The molecule has 1 amide bonds. The summed E-state index contributed by atoms with van der Waals surface area (Å²) < 4.78 is 6.08. The van der Waals surface area contributed by atoms with Crippen LogP contribution in [0.4, 0.5) is 5.13 Å². The average molecular weight is 289 g/mol. The number of methoxy groups -OCH3 is 1. The van der Waals surface area contributed by atoms with Gasteiger partial charge < -0.3 is 10.1 Å². The van der Waals surface area contributed by atoms with Crippen LogP contribution in [0.25, 0.3) is 10.2 Å². The van der Waals surface area contributed by atoms with Crippen LogP contribution in [0, 0.1) is 23.2 Å². The highest BCUT2D eigenvalue weighted by molar-refractivity contribution is 7.22. The molecule has 2 rings (SSSR count). The summed E-state index contributed by atoms with van der Waals surface area (Å²) in [5.74, 6) is -0.268. The van der Waals surface area contributed by atoms with Gasteiger partial charge in [-0.1, -0.05) is 25.2 Å². The van der Waals surface area contributed by atoms with Gasteiger partial charge in [-0.15, -0.1) is 0 Å². The number of benzene rings is 1. The van der Waals surface area contributed by atoms with Crippen molar-refractivity contribution >= 4 is 32.6 Å². The van der Waals surface area contributed by atoms with Gasteiger partial charge in [0.2, 0.25) is 5.91 Å². The number of hydrogen-bond donors (Lipinski definition) is 1. The molecular formula is C14H15N3O2S. The van der Waals surface area contributed by atoms with Crippen LogP contribution in [-0.2, 0) is 4.79 Å². The van der Waals surface area contributed by atoms with Gasteiger partial charge in [0.1, 0.15) is 11.7 Å². The van der Waals surface area contributed by atoms with E-state index >= 15 is 0 Å². The molecule has 0 saturated heterocycles. The van der Waals surface area contributed by atoms with Gasteiger partial charge in [0, 0.05) is 0 Å². The van der Waals surface area contributed by atoms with E-state index < -0.39 is 5.92 Å². The van der Waals surface area contributed by atoms with E-state index in [1.807, 2.05) is 38.1 Å². The minimum Gasteiger partial charge on any atom is -0.497 e. The summed E-state index contributed by atoms with van der Waals surface area (Å²) in [6.07, 6.45) is 0. The number of anilines is 1. The Balaban J connectivity index is 2.22. The van der Waals surface area contributed by atoms with Crippen LogP contribution >= 0.6 is 11.3 Å². The van der Waals surface area contributed by atoms with Gasteiger partial charge in [0.15, 0.2) is 5.13 Å². The lowest BCUT2D eigenvalue weighted by atomic mass is 9.97. The number of amides is 1. The second kappa shape index (κ2) is 5.88. The molecule has 2 aromatic rings. The standard InChI is InChI=1S/C14H15N3O2S/c1-8(2)10(7-15)13(18)17-14-16-11-5-4-9(19-3)6-12(11)20-14/h4-6,8,10H,1-3H3,(H,16,17,18). The van der Waals surface area contributed by atoms with Crippen molar-refractivity contribution in [1.29, 1.82) is 5.26 Å². The first kappa shape index (κ1) is 14.3. The third-order valence-corrected chi connectivity index (χ3v) is 3.85. The molecule has 1 atom stereocenters. The van der Waals surface area contributed by atoms with Crippen molar-refractivity contribution in [2.75, 3.05) is 12.4 Å². The minimum absolute atomic E-state index is 0.0329. The van der Waals surface area contributed by atoms with E-state index in [1.54, 1.807) is 7.11 Å². The predicted octanol–water partition coefficient (Wildman–Crippen LogP) is 3.04. The molecule has 0 bridgehead atoms. The largest absolute Gasteiger partial charge is 0.497 e. The number of nitrogens with zero attached hydrogens (tertiary/aromatic N) is 2. The number of thiazole rings is 1. The van der Waals surface area contributed by atoms with Gasteiger partial charge in [0.25, 0.3) is 0 Å². The first-order chi connectivity index (χ1) is 9.55. The molecule has 104 valence electrons. The first-order valence-corrected chi connectivity index (χ1v) is 7.02. The molecule has 1 N–H and O–H groups in total. The Kier molecular flexibility index (Phi) is 4.20. The Bertz CT molecular complexity index is 673. The molecule has 0 fully saturated rings. The Morgan fingerprint density at radius 1 is 1.50 bits per heavy atom. The number of aromatic nitrogens is 1. The fourth-order valence-corrected chi connectivity index (χ4v) is 2.68. The van der Waals surface area contributed by atoms with E-state index in [1.165, 1.54) is 11.3 Å². The van der Waals surface area contributed by atoms with Gasteiger partial charge in [-0.3, -0.25) is 4.79 Å². The van der Waals surface area contributed by atoms with Gasteiger partial charge in [-0.2, -0.15) is 5.26 Å². The second-order valence-corrected chi connectivity index (χ2v) is 5.72. The summed E-state index contributed by atoms with van der Waals surface area (Å²) >= 11 is 1.36. The molecule has 6 heteroatoms. The van der Waals surface area contributed by atoms with Crippen LogP contribution in [0.1, 0.15) is 13.8 Å². The van der Waals surface area contributed by atoms with Gasteiger partial charge in [-0.25, -0.2) is 4.98 Å². The van der Waals surface area contributed by atoms with Crippen LogP contribution in [-0.4, -0.2) is 18.0 Å². The van der Waals surface area contributed by atoms with Crippen molar-refractivity contribution in [3.8, 4) is 11.8 Å². The lowest BCUT2D eigenvalue weighted by Crippen LogP contribution is -2.25. The van der Waals surface area contributed by atoms with Crippen molar-refractivity contribution in [3.05, 3.63) is 18.2 Å². The SMILES string of the molecule is COc1ccc2nc(NC(=O)C(C#N)C(C)C)sc2c1. The minimum atomic E-state index is -0.670. The number of nitriles is 1. The van der Waals surface area contributed by atoms with Crippen molar-refractivity contribution < 1.29 is 9.53 Å². The van der Waals surface area contributed by atoms with E-state index in [-0.39, 0.29) is 11.8 Å². The Morgan fingerprint density at radius 3 is 2.85 bits per heavy atom. The fraction of sp³-hybridized carbons (Fsp3) is 0.357. The lowest BCUT2D eigenvalue weighted by molar-refractivity contribution is -0.119. The molecule has 0 spiro atoms. The monoisotopic (exact) mass is 289 g/mol. The summed E-state index contributed by atoms with van der Waals surface area (Å²) in [6.45, 7) is 3.69. The van der Waals surface area contributed by atoms with E-state index in [2.05, 4.69) is 10.3 Å². The number of nitrogens with one attached hydrogen (secondary N) is 1. The number of fused-ring (bicyclic) bond motifs is 1. The number of rotatable bonds is 4. The predicted molar refractivity (Wildman–Crippen MR) is 78.7 cm³/mol. The summed E-state index contributed by atoms with van der Waals surface area (Å²) in [6, 6.07) is 7.54. The Labute approximate surface area is 121 Å². The van der Waals surface area contributed by atoms with E-state index in [0.717, 1.165) is 16.0 Å². The summed E-state index contributed by atoms with van der Waals surface area (Å²) in [5, 5.41) is 12.2. The van der Waals surface area contributed by atoms with Crippen LogP contribution in [0.3, 0.4) is 0 Å². The fourth-order valence-electron chi connectivity index (χ4n) is 1.78. The van der Waals surface area contributed by atoms with Crippen molar-refractivity contribution in [1.82, 2.24) is 4.98 Å². The quantitative estimate of drug-likeness (QED) is 0.938. The second-order valence-electron chi connectivity index (χ2n) is 4.69. The highest BCUT2D eigenvalue weighted by Crippen LogP contribution is 2.29. The number of ether oxygens (including phenoxy) is 1. The zero-order valence-electron chi connectivity index (χ0n) is 11.5. The molecule has 20 heavy (non-hydrogen) atoms. The van der Waals surface area contributed by atoms with Crippen molar-refractivity contribution in [2.45, 2.75) is 13.8 Å². The van der Waals surface area contributed by atoms with Crippen molar-refractivity contribution in [3.63, 3.8) is 0 Å². The molecule has 0 aliphatic heterocycles. The molecule has 0 radical (unpaired) electrons. The van der Waals surface area contributed by atoms with E-state index in [0.29, 0.717) is 5.13 Å².